The van der Waals surface area contributed by atoms with E-state index in [1.54, 1.807) is 20.9 Å². The van der Waals surface area contributed by atoms with Gasteiger partial charge in [-0.05, 0) is 132 Å². The largest absolute Gasteiger partial charge is 0.300 e. The Morgan fingerprint density at radius 3 is 1.57 bits per heavy atom. The van der Waals surface area contributed by atoms with Gasteiger partial charge in [-0.3, -0.25) is 9.80 Å². The SMILES string of the molecule is C=C(CC/C=C(\C)CCC=C(C)C)C1CC1.C=CC(=C)CC/C=C(\C)CCC=C(C)C.CC(=O)CC(C)(C)N(C)N=O. The molecule has 0 aromatic carbocycles. The molecule has 0 radical (unpaired) electrons. The molecular formula is C38H64N2O2. The van der Waals surface area contributed by atoms with Gasteiger partial charge in [0.25, 0.3) is 0 Å². The molecule has 0 atom stereocenters. The van der Waals surface area contributed by atoms with Crippen LogP contribution in [0, 0.1) is 10.8 Å². The van der Waals surface area contributed by atoms with Crippen molar-refractivity contribution in [3.05, 3.63) is 88.5 Å². The van der Waals surface area contributed by atoms with E-state index in [4.69, 9.17) is 0 Å². The number of nitroso groups, excluding NO2 is 1. The molecule has 0 aliphatic heterocycles. The van der Waals surface area contributed by atoms with Gasteiger partial charge in [0.15, 0.2) is 0 Å². The van der Waals surface area contributed by atoms with Gasteiger partial charge in [-0.15, -0.1) is 4.91 Å². The van der Waals surface area contributed by atoms with Gasteiger partial charge in [-0.2, -0.15) is 0 Å². The molecule has 4 nitrogen and oxygen atoms in total. The molecule has 0 N–H and O–H groups in total. The monoisotopic (exact) mass is 580 g/mol. The van der Waals surface area contributed by atoms with Gasteiger partial charge >= 0.3 is 0 Å². The summed E-state index contributed by atoms with van der Waals surface area (Å²) < 4.78 is 0. The van der Waals surface area contributed by atoms with E-state index >= 15 is 0 Å². The van der Waals surface area contributed by atoms with E-state index in [0.717, 1.165) is 30.8 Å². The Morgan fingerprint density at radius 1 is 0.786 bits per heavy atom. The molecule has 0 spiro atoms. The van der Waals surface area contributed by atoms with Crippen LogP contribution in [-0.2, 0) is 4.79 Å². The summed E-state index contributed by atoms with van der Waals surface area (Å²) in [5.74, 6) is 0.935. The topological polar surface area (TPSA) is 49.7 Å². The lowest BCUT2D eigenvalue weighted by Crippen LogP contribution is -2.38. The first kappa shape index (κ1) is 41.4. The number of Topliss-reactive ketones (excluding diaryl/α,β-unsaturated/α-hetero) is 1. The van der Waals surface area contributed by atoms with Crippen LogP contribution in [0.4, 0.5) is 0 Å². The van der Waals surface area contributed by atoms with Gasteiger partial charge in [0.1, 0.15) is 5.78 Å². The fourth-order valence-corrected chi connectivity index (χ4v) is 4.02. The van der Waals surface area contributed by atoms with Crippen molar-refractivity contribution in [2.75, 3.05) is 7.05 Å². The van der Waals surface area contributed by atoms with E-state index in [1.165, 1.54) is 84.7 Å². The fourth-order valence-electron chi connectivity index (χ4n) is 4.02. The highest BCUT2D eigenvalue weighted by atomic mass is 16.3. The first-order chi connectivity index (χ1) is 19.5. The molecular weight excluding hydrogens is 516 g/mol. The number of hydrogen-bond donors (Lipinski definition) is 0. The minimum atomic E-state index is -0.465. The fraction of sp³-hybridized carbons (Fsp3) is 0.605. The van der Waals surface area contributed by atoms with Crippen molar-refractivity contribution in [1.82, 2.24) is 5.01 Å². The van der Waals surface area contributed by atoms with Gasteiger partial charge in [0, 0.05) is 13.5 Å². The summed E-state index contributed by atoms with van der Waals surface area (Å²) in [6, 6.07) is 0. The highest BCUT2D eigenvalue weighted by Crippen LogP contribution is 2.37. The first-order valence-electron chi connectivity index (χ1n) is 15.7. The average Bonchev–Trinajstić information content (AvgIpc) is 3.73. The predicted octanol–water partition coefficient (Wildman–Crippen LogP) is 12.0. The van der Waals surface area contributed by atoms with Crippen LogP contribution in [0.15, 0.2) is 88.8 Å². The molecule has 0 heterocycles. The van der Waals surface area contributed by atoms with Gasteiger partial charge in [0.05, 0.1) is 10.8 Å². The summed E-state index contributed by atoms with van der Waals surface area (Å²) in [4.78, 5) is 20.8. The van der Waals surface area contributed by atoms with Crippen LogP contribution in [0.3, 0.4) is 0 Å². The molecule has 1 rings (SSSR count). The number of carbonyl (C=O) groups excluding carboxylic acids is 1. The third kappa shape index (κ3) is 26.2. The van der Waals surface area contributed by atoms with Gasteiger partial charge in [-0.25, -0.2) is 0 Å². The molecule has 0 saturated heterocycles. The molecule has 0 amide bonds. The van der Waals surface area contributed by atoms with E-state index in [9.17, 15) is 9.70 Å². The number of nitrogens with zero attached hydrogens (tertiary/aromatic N) is 2. The summed E-state index contributed by atoms with van der Waals surface area (Å²) in [5.41, 5.74) is 7.98. The van der Waals surface area contributed by atoms with Crippen LogP contribution >= 0.6 is 0 Å². The molecule has 1 aliphatic rings. The van der Waals surface area contributed by atoms with E-state index in [1.807, 2.05) is 6.08 Å². The van der Waals surface area contributed by atoms with Crippen LogP contribution in [-0.4, -0.2) is 23.4 Å². The molecule has 4 heteroatoms. The van der Waals surface area contributed by atoms with E-state index in [2.05, 4.69) is 90.9 Å². The molecule has 1 saturated carbocycles. The van der Waals surface area contributed by atoms with Crippen molar-refractivity contribution >= 4 is 5.78 Å². The van der Waals surface area contributed by atoms with E-state index in [-0.39, 0.29) is 5.78 Å². The lowest BCUT2D eigenvalue weighted by molar-refractivity contribution is -0.119. The van der Waals surface area contributed by atoms with Crippen LogP contribution < -0.4 is 0 Å². The van der Waals surface area contributed by atoms with Gasteiger partial charge in [-0.1, -0.05) is 83.6 Å². The smallest absolute Gasteiger partial charge is 0.132 e. The zero-order valence-electron chi connectivity index (χ0n) is 29.1. The third-order valence-corrected chi connectivity index (χ3v) is 7.22. The Labute approximate surface area is 260 Å². The Bertz CT molecular complexity index is 963. The van der Waals surface area contributed by atoms with Crippen LogP contribution in [0.1, 0.15) is 133 Å². The van der Waals surface area contributed by atoms with Crippen molar-refractivity contribution in [3.8, 4) is 0 Å². The number of hydrogen-bond acceptors (Lipinski definition) is 3. The third-order valence-electron chi connectivity index (χ3n) is 7.22. The molecule has 0 aromatic heterocycles. The normalized spacial score (nSPS) is 12.9. The van der Waals surface area contributed by atoms with Crippen molar-refractivity contribution < 1.29 is 4.79 Å². The lowest BCUT2D eigenvalue weighted by Gasteiger charge is -2.29. The zero-order chi connectivity index (χ0) is 32.7. The number of ketones is 1. The second kappa shape index (κ2) is 23.8. The number of allylic oxidation sites excluding steroid dienone is 11. The molecule has 0 bridgehead atoms. The maximum Gasteiger partial charge on any atom is 0.132 e. The molecule has 1 aliphatic carbocycles. The Hall–Kier alpha value is -2.75. The van der Waals surface area contributed by atoms with E-state index < -0.39 is 5.54 Å². The summed E-state index contributed by atoms with van der Waals surface area (Å²) in [7, 11) is 1.57. The number of carbonyl (C=O) groups is 1. The van der Waals surface area contributed by atoms with Gasteiger partial charge in [0.2, 0.25) is 0 Å². The first-order valence-corrected chi connectivity index (χ1v) is 15.7. The maximum absolute atomic E-state index is 10.7. The second-order valence-electron chi connectivity index (χ2n) is 12.9. The summed E-state index contributed by atoms with van der Waals surface area (Å²) >= 11 is 0. The lowest BCUT2D eigenvalue weighted by atomic mass is 9.98. The van der Waals surface area contributed by atoms with Gasteiger partial charge < -0.3 is 0 Å². The number of rotatable bonds is 18. The Morgan fingerprint density at radius 2 is 1.21 bits per heavy atom. The van der Waals surface area contributed by atoms with Crippen LogP contribution in [0.2, 0.25) is 0 Å². The molecule has 0 unspecified atom stereocenters. The van der Waals surface area contributed by atoms with Crippen molar-refractivity contribution in [2.45, 2.75) is 138 Å². The van der Waals surface area contributed by atoms with Crippen molar-refractivity contribution in [2.24, 2.45) is 11.2 Å². The van der Waals surface area contributed by atoms with Crippen LogP contribution in [0.5, 0.6) is 0 Å². The average molecular weight is 581 g/mol. The molecule has 238 valence electrons. The predicted molar refractivity (Wildman–Crippen MR) is 187 cm³/mol. The minimum absolute atomic E-state index is 0.0606. The van der Waals surface area contributed by atoms with E-state index in [0.29, 0.717) is 6.42 Å². The van der Waals surface area contributed by atoms with Crippen LogP contribution in [0.25, 0.3) is 0 Å². The quantitative estimate of drug-likeness (QED) is 0.0701. The molecule has 42 heavy (non-hydrogen) atoms. The Kier molecular flexibility index (Phi) is 23.4. The summed E-state index contributed by atoms with van der Waals surface area (Å²) in [6.07, 6.45) is 23.5. The maximum atomic E-state index is 10.7. The zero-order valence-corrected chi connectivity index (χ0v) is 29.1. The summed E-state index contributed by atoms with van der Waals surface area (Å²) in [6.45, 7) is 29.9. The highest BCUT2D eigenvalue weighted by molar-refractivity contribution is 5.76. The van der Waals surface area contributed by atoms with Crippen molar-refractivity contribution in [3.63, 3.8) is 0 Å². The minimum Gasteiger partial charge on any atom is -0.300 e. The Balaban J connectivity index is 0. The molecule has 1 fully saturated rings. The second-order valence-corrected chi connectivity index (χ2v) is 12.9. The molecule has 0 aromatic rings. The van der Waals surface area contributed by atoms with Crippen molar-refractivity contribution in [1.29, 1.82) is 0 Å². The standard InChI is InChI=1S/C16H26.C15H24.C7H14N2O2/c1-13(2)7-5-8-14(3)9-6-10-15(4)16-11-12-16;1-6-14(4)10-8-12-15(5)11-7-9-13(2)3;1-6(10)5-7(2,3)9(4)8-11/h7,9,16H,4-6,8,10-12H2,1-3H3;6,9,12H,1,4,7-8,10-11H2,2-3,5H3;5H2,1-4H3/b14-9+;15-12+;. The highest BCUT2D eigenvalue weighted by Gasteiger charge is 2.25. The summed E-state index contributed by atoms with van der Waals surface area (Å²) in [5, 5.41) is 4.00.